The molecular weight excluding hydrogens is 304 g/mol. The average Bonchev–Trinajstić information content (AvgIpc) is 2.71. The standard InChI is InChI=1S/C10H10N4O4S2/c1-6-4-7(2-3-12-6)13-20(17,18)9-5-8(14(15)16)10(11)19-9/h2-5H,11H2,1H3,(H,12,13). The van der Waals surface area contributed by atoms with Crippen molar-refractivity contribution in [2.24, 2.45) is 0 Å². The first-order chi connectivity index (χ1) is 9.29. The first-order valence-corrected chi connectivity index (χ1v) is 7.59. The molecule has 0 saturated carbocycles. The number of sulfonamides is 1. The highest BCUT2D eigenvalue weighted by Crippen LogP contribution is 2.35. The Morgan fingerprint density at radius 2 is 2.15 bits per heavy atom. The number of rotatable bonds is 4. The zero-order chi connectivity index (χ0) is 14.9. The molecule has 3 N–H and O–H groups in total. The molecule has 0 aliphatic carbocycles. The third-order valence-electron chi connectivity index (χ3n) is 2.33. The van der Waals surface area contributed by atoms with Gasteiger partial charge in [0, 0.05) is 18.0 Å². The molecule has 0 spiro atoms. The number of nitrogens with two attached hydrogens (primary N) is 1. The van der Waals surface area contributed by atoms with Crippen LogP contribution in [-0.2, 0) is 10.0 Å². The predicted molar refractivity (Wildman–Crippen MR) is 75.2 cm³/mol. The van der Waals surface area contributed by atoms with Gasteiger partial charge in [0.25, 0.3) is 10.0 Å². The Labute approximate surface area is 118 Å². The van der Waals surface area contributed by atoms with Gasteiger partial charge in [0.1, 0.15) is 4.21 Å². The van der Waals surface area contributed by atoms with Crippen LogP contribution in [0, 0.1) is 17.0 Å². The van der Waals surface area contributed by atoms with Crippen LogP contribution in [0.1, 0.15) is 5.69 Å². The van der Waals surface area contributed by atoms with Gasteiger partial charge in [-0.25, -0.2) is 8.42 Å². The lowest BCUT2D eigenvalue weighted by Crippen LogP contribution is -2.11. The zero-order valence-corrected chi connectivity index (χ0v) is 11.9. The molecule has 0 aliphatic rings. The van der Waals surface area contributed by atoms with Crippen molar-refractivity contribution in [3.8, 4) is 0 Å². The topological polar surface area (TPSA) is 128 Å². The maximum Gasteiger partial charge on any atom is 0.304 e. The summed E-state index contributed by atoms with van der Waals surface area (Å²) < 4.78 is 26.3. The molecule has 0 saturated heterocycles. The smallest absolute Gasteiger partial charge is 0.304 e. The van der Waals surface area contributed by atoms with E-state index >= 15 is 0 Å². The van der Waals surface area contributed by atoms with E-state index in [2.05, 4.69) is 9.71 Å². The number of hydrogen-bond donors (Lipinski definition) is 2. The van der Waals surface area contributed by atoms with Gasteiger partial charge in [0.2, 0.25) is 0 Å². The summed E-state index contributed by atoms with van der Waals surface area (Å²) in [6.07, 6.45) is 1.46. The number of nitro groups is 1. The molecule has 0 radical (unpaired) electrons. The molecule has 0 amide bonds. The van der Waals surface area contributed by atoms with E-state index < -0.39 is 20.6 Å². The first kappa shape index (κ1) is 14.2. The maximum atomic E-state index is 12.1. The number of nitrogens with zero attached hydrogens (tertiary/aromatic N) is 2. The van der Waals surface area contributed by atoms with Gasteiger partial charge in [0.05, 0.1) is 10.6 Å². The Hall–Kier alpha value is -2.20. The molecule has 106 valence electrons. The third kappa shape index (κ3) is 2.86. The fourth-order valence-electron chi connectivity index (χ4n) is 1.46. The number of anilines is 2. The average molecular weight is 314 g/mol. The van der Waals surface area contributed by atoms with Crippen molar-refractivity contribution in [2.45, 2.75) is 11.1 Å². The number of nitrogen functional groups attached to an aromatic ring is 1. The van der Waals surface area contributed by atoms with Gasteiger partial charge in [-0.1, -0.05) is 11.3 Å². The van der Waals surface area contributed by atoms with Crippen molar-refractivity contribution >= 4 is 37.7 Å². The van der Waals surface area contributed by atoms with Crippen LogP contribution in [0.5, 0.6) is 0 Å². The highest BCUT2D eigenvalue weighted by atomic mass is 32.2. The maximum absolute atomic E-state index is 12.1. The fourth-order valence-corrected chi connectivity index (χ4v) is 3.73. The minimum absolute atomic E-state index is 0.152. The Kier molecular flexibility index (Phi) is 3.59. The molecule has 0 atom stereocenters. The van der Waals surface area contributed by atoms with Gasteiger partial charge >= 0.3 is 5.69 Å². The van der Waals surface area contributed by atoms with Crippen LogP contribution >= 0.6 is 11.3 Å². The summed E-state index contributed by atoms with van der Waals surface area (Å²) in [6.45, 7) is 1.71. The van der Waals surface area contributed by atoms with Crippen molar-refractivity contribution in [2.75, 3.05) is 10.5 Å². The lowest BCUT2D eigenvalue weighted by atomic mass is 10.3. The van der Waals surface area contributed by atoms with Crippen LogP contribution in [0.3, 0.4) is 0 Å². The van der Waals surface area contributed by atoms with Gasteiger partial charge < -0.3 is 5.73 Å². The second kappa shape index (κ2) is 5.06. The van der Waals surface area contributed by atoms with Crippen LogP contribution in [0.4, 0.5) is 16.4 Å². The predicted octanol–water partition coefficient (Wildman–Crippen LogP) is 1.74. The summed E-state index contributed by atoms with van der Waals surface area (Å²) in [5.41, 5.74) is 5.98. The van der Waals surface area contributed by atoms with Crippen LogP contribution in [0.2, 0.25) is 0 Å². The van der Waals surface area contributed by atoms with E-state index in [9.17, 15) is 18.5 Å². The molecule has 0 fully saturated rings. The molecule has 2 heterocycles. The Balaban J connectivity index is 2.36. The second-order valence-electron chi connectivity index (χ2n) is 3.86. The van der Waals surface area contributed by atoms with Crippen LogP contribution in [0.25, 0.3) is 0 Å². The highest BCUT2D eigenvalue weighted by Gasteiger charge is 2.24. The normalized spacial score (nSPS) is 11.2. The molecule has 2 rings (SSSR count). The van der Waals surface area contributed by atoms with E-state index in [0.717, 1.165) is 6.07 Å². The van der Waals surface area contributed by atoms with E-state index in [0.29, 0.717) is 22.7 Å². The summed E-state index contributed by atoms with van der Waals surface area (Å²) in [4.78, 5) is 13.9. The lowest BCUT2D eigenvalue weighted by molar-refractivity contribution is -0.383. The van der Waals surface area contributed by atoms with Crippen molar-refractivity contribution in [1.29, 1.82) is 0 Å². The van der Waals surface area contributed by atoms with Crippen molar-refractivity contribution in [3.05, 3.63) is 40.2 Å². The van der Waals surface area contributed by atoms with E-state index in [1.807, 2.05) is 0 Å². The molecule has 0 aliphatic heterocycles. The Morgan fingerprint density at radius 1 is 1.45 bits per heavy atom. The molecule has 0 bridgehead atoms. The fraction of sp³-hybridized carbons (Fsp3) is 0.100. The van der Waals surface area contributed by atoms with E-state index in [1.54, 1.807) is 13.0 Å². The summed E-state index contributed by atoms with van der Waals surface area (Å²) in [5.74, 6) is 0. The summed E-state index contributed by atoms with van der Waals surface area (Å²) in [6, 6.07) is 3.97. The van der Waals surface area contributed by atoms with Crippen molar-refractivity contribution in [1.82, 2.24) is 4.98 Å². The molecule has 0 aromatic carbocycles. The zero-order valence-electron chi connectivity index (χ0n) is 10.2. The van der Waals surface area contributed by atoms with Gasteiger partial charge in [-0.05, 0) is 19.1 Å². The van der Waals surface area contributed by atoms with Crippen LogP contribution in [0.15, 0.2) is 28.6 Å². The molecule has 2 aromatic heterocycles. The minimum atomic E-state index is -3.91. The monoisotopic (exact) mass is 314 g/mol. The summed E-state index contributed by atoms with van der Waals surface area (Å²) in [7, 11) is -3.91. The molecule has 10 heteroatoms. The Bertz CT molecular complexity index is 769. The Morgan fingerprint density at radius 3 is 2.70 bits per heavy atom. The summed E-state index contributed by atoms with van der Waals surface area (Å²) >= 11 is 0.643. The SMILES string of the molecule is Cc1cc(NS(=O)(=O)c2cc([N+](=O)[O-])c(N)s2)ccn1. The van der Waals surface area contributed by atoms with Gasteiger partial charge in [0.15, 0.2) is 5.00 Å². The van der Waals surface area contributed by atoms with E-state index in [1.165, 1.54) is 12.3 Å². The number of aryl methyl sites for hydroxylation is 1. The minimum Gasteiger partial charge on any atom is -0.385 e. The number of hydrogen-bond acceptors (Lipinski definition) is 7. The molecular formula is C10H10N4O4S2. The van der Waals surface area contributed by atoms with Crippen molar-refractivity contribution in [3.63, 3.8) is 0 Å². The molecule has 8 nitrogen and oxygen atoms in total. The van der Waals surface area contributed by atoms with Crippen LogP contribution in [-0.4, -0.2) is 18.3 Å². The summed E-state index contributed by atoms with van der Waals surface area (Å²) in [5, 5.41) is 10.5. The largest absolute Gasteiger partial charge is 0.385 e. The van der Waals surface area contributed by atoms with E-state index in [-0.39, 0.29) is 9.21 Å². The second-order valence-corrected chi connectivity index (χ2v) is 6.86. The third-order valence-corrected chi connectivity index (χ3v) is 5.14. The number of thiophene rings is 1. The van der Waals surface area contributed by atoms with Crippen LogP contribution < -0.4 is 10.5 Å². The number of nitrogens with one attached hydrogen (secondary N) is 1. The first-order valence-electron chi connectivity index (χ1n) is 5.29. The lowest BCUT2D eigenvalue weighted by Gasteiger charge is -2.05. The highest BCUT2D eigenvalue weighted by molar-refractivity contribution is 7.94. The van der Waals surface area contributed by atoms with Crippen molar-refractivity contribution < 1.29 is 13.3 Å². The number of pyridine rings is 1. The molecule has 20 heavy (non-hydrogen) atoms. The van der Waals surface area contributed by atoms with E-state index in [4.69, 9.17) is 5.73 Å². The molecule has 0 unspecified atom stereocenters. The van der Waals surface area contributed by atoms with Gasteiger partial charge in [-0.2, -0.15) is 0 Å². The number of aromatic nitrogens is 1. The quantitative estimate of drug-likeness (QED) is 0.653. The van der Waals surface area contributed by atoms with Gasteiger partial charge in [-0.15, -0.1) is 0 Å². The van der Waals surface area contributed by atoms with Gasteiger partial charge in [-0.3, -0.25) is 19.8 Å². The molecule has 2 aromatic rings.